The number of nitrogens with one attached hydrogen (secondary N) is 2. The molecule has 0 unspecified atom stereocenters. The summed E-state index contributed by atoms with van der Waals surface area (Å²) < 4.78 is 27.7. The maximum atomic E-state index is 12.6. The van der Waals surface area contributed by atoms with Crippen LogP contribution >= 0.6 is 0 Å². The molecule has 0 saturated heterocycles. The first-order valence-electron chi connectivity index (χ1n) is 9.40. The average molecular weight is 400 g/mol. The van der Waals surface area contributed by atoms with Gasteiger partial charge in [0.05, 0.1) is 4.90 Å². The van der Waals surface area contributed by atoms with Crippen LogP contribution in [0.25, 0.3) is 0 Å². The summed E-state index contributed by atoms with van der Waals surface area (Å²) in [5.41, 5.74) is 3.26. The van der Waals surface area contributed by atoms with Crippen molar-refractivity contribution in [3.05, 3.63) is 59.2 Å². The second kappa shape index (κ2) is 8.56. The second-order valence-electron chi connectivity index (χ2n) is 7.02. The first-order chi connectivity index (χ1) is 13.3. The lowest BCUT2D eigenvalue weighted by Crippen LogP contribution is -2.30. The molecule has 1 amide bonds. The molecular weight excluding hydrogens is 374 g/mol. The standard InChI is InChI=1S/C21H25N3O3S/c1-15-7-8-17(14-16(15)2)21(25)23-18-9-11-19(12-10-18)28(26,27)24-20-6-4-3-5-13-22-20/h7-12,14H,3-6,13H2,1-2H3,(H,22,24)(H,23,25). The number of benzene rings is 2. The Bertz CT molecular complexity index is 996. The first-order valence-corrected chi connectivity index (χ1v) is 10.9. The normalized spacial score (nSPS) is 14.7. The van der Waals surface area contributed by atoms with Crippen molar-refractivity contribution >= 4 is 27.5 Å². The third kappa shape index (κ3) is 4.98. The zero-order chi connectivity index (χ0) is 20.1. The molecule has 0 spiro atoms. The van der Waals surface area contributed by atoms with Gasteiger partial charge in [-0.15, -0.1) is 0 Å². The second-order valence-corrected chi connectivity index (χ2v) is 8.70. The monoisotopic (exact) mass is 399 g/mol. The van der Waals surface area contributed by atoms with Gasteiger partial charge in [-0.2, -0.15) is 0 Å². The molecule has 2 N–H and O–H groups in total. The van der Waals surface area contributed by atoms with Gasteiger partial charge in [0, 0.05) is 24.2 Å². The quantitative estimate of drug-likeness (QED) is 0.819. The van der Waals surface area contributed by atoms with Gasteiger partial charge in [0.15, 0.2) is 0 Å². The predicted molar refractivity (Wildman–Crippen MR) is 111 cm³/mol. The van der Waals surface area contributed by atoms with Crippen LogP contribution in [0.1, 0.15) is 47.2 Å². The first kappa shape index (κ1) is 20.1. The van der Waals surface area contributed by atoms with Gasteiger partial charge in [-0.3, -0.25) is 14.5 Å². The highest BCUT2D eigenvalue weighted by Gasteiger charge is 2.17. The van der Waals surface area contributed by atoms with E-state index >= 15 is 0 Å². The van der Waals surface area contributed by atoms with Gasteiger partial charge < -0.3 is 5.32 Å². The number of amides is 1. The van der Waals surface area contributed by atoms with Gasteiger partial charge in [0.25, 0.3) is 15.9 Å². The number of hydrogen-bond acceptors (Lipinski definition) is 4. The molecular formula is C21H25N3O3S. The van der Waals surface area contributed by atoms with Gasteiger partial charge in [0.1, 0.15) is 5.84 Å². The minimum atomic E-state index is -3.68. The predicted octanol–water partition coefficient (Wildman–Crippen LogP) is 3.81. The Morgan fingerprint density at radius 3 is 2.43 bits per heavy atom. The molecule has 6 nitrogen and oxygen atoms in total. The minimum absolute atomic E-state index is 0.142. The lowest BCUT2D eigenvalue weighted by molar-refractivity contribution is 0.102. The van der Waals surface area contributed by atoms with Crippen molar-refractivity contribution in [2.75, 3.05) is 11.9 Å². The minimum Gasteiger partial charge on any atom is -0.322 e. The fourth-order valence-electron chi connectivity index (χ4n) is 2.97. The summed E-state index contributed by atoms with van der Waals surface area (Å²) in [6.07, 6.45) is 3.62. The van der Waals surface area contributed by atoms with E-state index in [0.29, 0.717) is 30.1 Å². The number of carbonyl (C=O) groups excluding carboxylic acids is 1. The van der Waals surface area contributed by atoms with Crippen LogP contribution in [0.2, 0.25) is 0 Å². The smallest absolute Gasteiger partial charge is 0.262 e. The van der Waals surface area contributed by atoms with Crippen LogP contribution in [-0.2, 0) is 10.0 Å². The molecule has 0 aromatic heterocycles. The molecule has 7 heteroatoms. The molecule has 1 aliphatic rings. The highest BCUT2D eigenvalue weighted by atomic mass is 32.2. The highest BCUT2D eigenvalue weighted by molar-refractivity contribution is 7.90. The summed E-state index contributed by atoms with van der Waals surface area (Å²) in [4.78, 5) is 16.8. The van der Waals surface area contributed by atoms with E-state index in [1.54, 1.807) is 18.2 Å². The number of aryl methyl sites for hydroxylation is 2. The molecule has 0 bridgehead atoms. The van der Waals surface area contributed by atoms with Crippen LogP contribution in [0.4, 0.5) is 5.69 Å². The highest BCUT2D eigenvalue weighted by Crippen LogP contribution is 2.17. The number of aliphatic imine (C=N–C) groups is 1. The molecule has 148 valence electrons. The fourth-order valence-corrected chi connectivity index (χ4v) is 4.06. The van der Waals surface area contributed by atoms with E-state index in [-0.39, 0.29) is 10.8 Å². The zero-order valence-electron chi connectivity index (χ0n) is 16.2. The van der Waals surface area contributed by atoms with Gasteiger partial charge in [-0.05, 0) is 74.2 Å². The number of nitrogens with zero attached hydrogens (tertiary/aromatic N) is 1. The number of rotatable bonds is 4. The van der Waals surface area contributed by atoms with Crippen molar-refractivity contribution in [1.82, 2.24) is 4.72 Å². The van der Waals surface area contributed by atoms with E-state index < -0.39 is 10.0 Å². The maximum Gasteiger partial charge on any atom is 0.262 e. The summed E-state index contributed by atoms with van der Waals surface area (Å²) in [6.45, 7) is 4.60. The summed E-state index contributed by atoms with van der Waals surface area (Å²) in [6, 6.07) is 11.6. The molecule has 2 aromatic rings. The van der Waals surface area contributed by atoms with Crippen molar-refractivity contribution in [3.63, 3.8) is 0 Å². The Labute approximate surface area is 166 Å². The fraction of sp³-hybridized carbons (Fsp3) is 0.333. The molecule has 0 atom stereocenters. The third-order valence-electron chi connectivity index (χ3n) is 4.82. The van der Waals surface area contributed by atoms with Crippen LogP contribution in [0.5, 0.6) is 0 Å². The largest absolute Gasteiger partial charge is 0.322 e. The van der Waals surface area contributed by atoms with Crippen LogP contribution in [0.15, 0.2) is 52.4 Å². The molecule has 2 aromatic carbocycles. The topological polar surface area (TPSA) is 87.6 Å². The molecule has 0 radical (unpaired) electrons. The Balaban J connectivity index is 1.69. The molecule has 0 saturated carbocycles. The molecule has 28 heavy (non-hydrogen) atoms. The number of amidine groups is 1. The van der Waals surface area contributed by atoms with Gasteiger partial charge in [0.2, 0.25) is 0 Å². The number of carbonyl (C=O) groups is 1. The Morgan fingerprint density at radius 1 is 0.964 bits per heavy atom. The van der Waals surface area contributed by atoms with Crippen molar-refractivity contribution in [2.45, 2.75) is 44.4 Å². The Kier molecular flexibility index (Phi) is 6.14. The van der Waals surface area contributed by atoms with Crippen molar-refractivity contribution < 1.29 is 13.2 Å². The Morgan fingerprint density at radius 2 is 1.71 bits per heavy atom. The number of sulfonamides is 1. The van der Waals surface area contributed by atoms with Crippen molar-refractivity contribution in [3.8, 4) is 0 Å². The Hall–Kier alpha value is -2.67. The van der Waals surface area contributed by atoms with Crippen LogP contribution in [0.3, 0.4) is 0 Å². The van der Waals surface area contributed by atoms with Gasteiger partial charge in [-0.1, -0.05) is 12.5 Å². The van der Waals surface area contributed by atoms with E-state index in [2.05, 4.69) is 15.0 Å². The van der Waals surface area contributed by atoms with E-state index in [1.807, 2.05) is 26.0 Å². The summed E-state index contributed by atoms with van der Waals surface area (Å²) >= 11 is 0. The molecule has 0 fully saturated rings. The molecule has 3 rings (SSSR count). The molecule has 1 heterocycles. The van der Waals surface area contributed by atoms with E-state index in [4.69, 9.17) is 0 Å². The lowest BCUT2D eigenvalue weighted by atomic mass is 10.1. The van der Waals surface area contributed by atoms with E-state index in [1.165, 1.54) is 12.1 Å². The summed E-state index contributed by atoms with van der Waals surface area (Å²) in [5.74, 6) is 0.286. The van der Waals surface area contributed by atoms with E-state index in [9.17, 15) is 13.2 Å². The van der Waals surface area contributed by atoms with Gasteiger partial charge >= 0.3 is 0 Å². The zero-order valence-corrected chi connectivity index (χ0v) is 17.0. The number of hydrogen-bond donors (Lipinski definition) is 2. The van der Waals surface area contributed by atoms with E-state index in [0.717, 1.165) is 30.4 Å². The van der Waals surface area contributed by atoms with Crippen molar-refractivity contribution in [2.24, 2.45) is 4.99 Å². The SMILES string of the molecule is Cc1ccc(C(=O)Nc2ccc(S(=O)(=O)NC3=NCCCCC3)cc2)cc1C. The summed E-state index contributed by atoms with van der Waals surface area (Å²) in [5, 5.41) is 2.80. The third-order valence-corrected chi connectivity index (χ3v) is 6.22. The lowest BCUT2D eigenvalue weighted by Gasteiger charge is -2.11. The van der Waals surface area contributed by atoms with Crippen molar-refractivity contribution in [1.29, 1.82) is 0 Å². The average Bonchev–Trinajstić information content (AvgIpc) is 2.92. The van der Waals surface area contributed by atoms with Crippen LogP contribution in [-0.4, -0.2) is 26.7 Å². The summed E-state index contributed by atoms with van der Waals surface area (Å²) in [7, 11) is -3.68. The van der Waals surface area contributed by atoms with Gasteiger partial charge in [-0.25, -0.2) is 8.42 Å². The number of anilines is 1. The molecule has 0 aliphatic carbocycles. The van der Waals surface area contributed by atoms with Crippen LogP contribution in [0, 0.1) is 13.8 Å². The van der Waals surface area contributed by atoms with Crippen LogP contribution < -0.4 is 10.0 Å². The molecule has 1 aliphatic heterocycles. The maximum absolute atomic E-state index is 12.6.